The Balaban J connectivity index is 2.13. The van der Waals surface area contributed by atoms with Crippen LogP contribution in [-0.2, 0) is 0 Å². The lowest BCUT2D eigenvalue weighted by molar-refractivity contribution is 0.437. The predicted molar refractivity (Wildman–Crippen MR) is 78.6 cm³/mol. The van der Waals surface area contributed by atoms with Gasteiger partial charge in [0, 0.05) is 25.7 Å². The molecule has 0 spiro atoms. The Morgan fingerprint density at radius 2 is 1.94 bits per heavy atom. The van der Waals surface area contributed by atoms with E-state index in [4.69, 9.17) is 5.73 Å². The van der Waals surface area contributed by atoms with Crippen LogP contribution in [0.15, 0.2) is 29.3 Å². The molecule has 2 N–H and O–H groups in total. The van der Waals surface area contributed by atoms with Crippen molar-refractivity contribution < 1.29 is 0 Å². The summed E-state index contributed by atoms with van der Waals surface area (Å²) in [5.41, 5.74) is 8.27. The van der Waals surface area contributed by atoms with Crippen LogP contribution in [-0.4, -0.2) is 19.9 Å². The second kappa shape index (κ2) is 5.89. The maximum atomic E-state index is 6.14. The monoisotopic (exact) mass is 245 g/mol. The van der Waals surface area contributed by atoms with Gasteiger partial charge in [0.2, 0.25) is 0 Å². The highest BCUT2D eigenvalue weighted by Crippen LogP contribution is 2.26. The Labute approximate surface area is 110 Å². The first-order chi connectivity index (χ1) is 8.66. The number of benzene rings is 1. The van der Waals surface area contributed by atoms with Crippen LogP contribution >= 0.6 is 0 Å². The van der Waals surface area contributed by atoms with Gasteiger partial charge >= 0.3 is 0 Å². The lowest BCUT2D eigenvalue weighted by Gasteiger charge is -2.21. The van der Waals surface area contributed by atoms with E-state index in [1.54, 1.807) is 0 Å². The molecule has 1 fully saturated rings. The van der Waals surface area contributed by atoms with Crippen molar-refractivity contribution in [3.63, 3.8) is 0 Å². The van der Waals surface area contributed by atoms with E-state index in [2.05, 4.69) is 22.0 Å². The van der Waals surface area contributed by atoms with Gasteiger partial charge in [-0.3, -0.25) is 0 Å². The van der Waals surface area contributed by atoms with Gasteiger partial charge in [-0.1, -0.05) is 25.3 Å². The molecule has 1 aromatic rings. The number of hydrogen-bond donors (Lipinski definition) is 1. The normalized spacial score (nSPS) is 17.8. The van der Waals surface area contributed by atoms with Gasteiger partial charge in [0.25, 0.3) is 0 Å². The Morgan fingerprint density at radius 3 is 2.61 bits per heavy atom. The number of aliphatic imine (C=N–C) groups is 1. The van der Waals surface area contributed by atoms with Crippen molar-refractivity contribution in [3.8, 4) is 0 Å². The second-order valence-corrected chi connectivity index (χ2v) is 5.29. The summed E-state index contributed by atoms with van der Waals surface area (Å²) in [6.07, 6.45) is 6.32. The van der Waals surface area contributed by atoms with E-state index in [0.29, 0.717) is 5.92 Å². The fourth-order valence-electron chi connectivity index (χ4n) is 2.48. The van der Waals surface area contributed by atoms with Crippen molar-refractivity contribution in [2.45, 2.75) is 32.1 Å². The zero-order chi connectivity index (χ0) is 13.0. The number of rotatable bonds is 3. The molecule has 0 aromatic heterocycles. The molecule has 1 aliphatic carbocycles. The number of nitrogens with two attached hydrogens (primary N) is 1. The summed E-state index contributed by atoms with van der Waals surface area (Å²) < 4.78 is 0. The zero-order valence-corrected chi connectivity index (χ0v) is 11.4. The van der Waals surface area contributed by atoms with Gasteiger partial charge in [0.05, 0.1) is 5.69 Å². The number of nitrogens with zero attached hydrogens (tertiary/aromatic N) is 2. The summed E-state index contributed by atoms with van der Waals surface area (Å²) in [5, 5.41) is 0. The van der Waals surface area contributed by atoms with Crippen LogP contribution in [0, 0.1) is 5.92 Å². The molecule has 2 rings (SSSR count). The highest BCUT2D eigenvalue weighted by Gasteiger charge is 2.16. The van der Waals surface area contributed by atoms with Gasteiger partial charge in [0.1, 0.15) is 5.84 Å². The summed E-state index contributed by atoms with van der Waals surface area (Å²) in [7, 11) is 4.07. The van der Waals surface area contributed by atoms with Crippen LogP contribution in [0.25, 0.3) is 0 Å². The predicted octanol–water partition coefficient (Wildman–Crippen LogP) is 3.32. The Hall–Kier alpha value is -1.51. The smallest absolute Gasteiger partial charge is 0.103 e. The lowest BCUT2D eigenvalue weighted by Crippen LogP contribution is -2.25. The summed E-state index contributed by atoms with van der Waals surface area (Å²) >= 11 is 0. The lowest BCUT2D eigenvalue weighted by atomic mass is 9.88. The van der Waals surface area contributed by atoms with Gasteiger partial charge in [-0.25, -0.2) is 4.99 Å². The third kappa shape index (κ3) is 3.25. The minimum Gasteiger partial charge on any atom is -0.387 e. The van der Waals surface area contributed by atoms with Crippen molar-refractivity contribution in [2.75, 3.05) is 19.0 Å². The highest BCUT2D eigenvalue weighted by atomic mass is 15.1. The van der Waals surface area contributed by atoms with E-state index >= 15 is 0 Å². The fourth-order valence-corrected chi connectivity index (χ4v) is 2.48. The summed E-state index contributed by atoms with van der Waals surface area (Å²) in [6.45, 7) is 0. The summed E-state index contributed by atoms with van der Waals surface area (Å²) in [6, 6.07) is 8.20. The maximum absolute atomic E-state index is 6.14. The van der Waals surface area contributed by atoms with Gasteiger partial charge < -0.3 is 10.6 Å². The number of amidine groups is 1. The molecule has 0 radical (unpaired) electrons. The molecule has 0 heterocycles. The molecule has 1 aliphatic rings. The minimum atomic E-state index is 0.488. The molecule has 0 aliphatic heterocycles. The van der Waals surface area contributed by atoms with Crippen LogP contribution in [0.1, 0.15) is 32.1 Å². The average Bonchev–Trinajstić information content (AvgIpc) is 2.40. The van der Waals surface area contributed by atoms with E-state index in [-0.39, 0.29) is 0 Å². The van der Waals surface area contributed by atoms with Crippen molar-refractivity contribution in [3.05, 3.63) is 24.3 Å². The summed E-state index contributed by atoms with van der Waals surface area (Å²) in [4.78, 5) is 6.67. The van der Waals surface area contributed by atoms with Crippen LogP contribution < -0.4 is 10.6 Å². The molecule has 1 saturated carbocycles. The zero-order valence-electron chi connectivity index (χ0n) is 11.4. The van der Waals surface area contributed by atoms with Gasteiger partial charge in [-0.05, 0) is 31.0 Å². The van der Waals surface area contributed by atoms with Crippen LogP contribution in [0.5, 0.6) is 0 Å². The van der Waals surface area contributed by atoms with Crippen LogP contribution in [0.2, 0.25) is 0 Å². The molecule has 3 nitrogen and oxygen atoms in total. The van der Waals surface area contributed by atoms with E-state index < -0.39 is 0 Å². The molecule has 0 atom stereocenters. The number of hydrogen-bond acceptors (Lipinski definition) is 2. The standard InChI is InChI=1S/C15H23N3/c1-18(2)14-10-6-9-13(11-14)17-15(16)12-7-4-3-5-8-12/h6,9-12H,3-5,7-8H2,1-2H3,(H2,16,17). The molecular weight excluding hydrogens is 222 g/mol. The topological polar surface area (TPSA) is 41.6 Å². The minimum absolute atomic E-state index is 0.488. The first-order valence-electron chi connectivity index (χ1n) is 6.78. The largest absolute Gasteiger partial charge is 0.387 e. The fraction of sp³-hybridized carbons (Fsp3) is 0.533. The SMILES string of the molecule is CN(C)c1cccc(N=C(N)C2CCCCC2)c1. The third-order valence-electron chi connectivity index (χ3n) is 3.63. The van der Waals surface area contributed by atoms with E-state index in [0.717, 1.165) is 17.2 Å². The van der Waals surface area contributed by atoms with Crippen LogP contribution in [0.4, 0.5) is 11.4 Å². The molecule has 0 saturated heterocycles. The van der Waals surface area contributed by atoms with Gasteiger partial charge in [0.15, 0.2) is 0 Å². The molecule has 3 heteroatoms. The van der Waals surface area contributed by atoms with Gasteiger partial charge in [-0.15, -0.1) is 0 Å². The Kier molecular flexibility index (Phi) is 4.24. The average molecular weight is 245 g/mol. The van der Waals surface area contributed by atoms with Crippen molar-refractivity contribution in [1.29, 1.82) is 0 Å². The quantitative estimate of drug-likeness (QED) is 0.655. The highest BCUT2D eigenvalue weighted by molar-refractivity contribution is 5.85. The molecule has 0 bridgehead atoms. The van der Waals surface area contributed by atoms with Crippen molar-refractivity contribution in [2.24, 2.45) is 16.6 Å². The second-order valence-electron chi connectivity index (χ2n) is 5.29. The molecule has 0 unspecified atom stereocenters. The number of anilines is 1. The van der Waals surface area contributed by atoms with E-state index in [1.165, 1.54) is 32.1 Å². The molecular formula is C15H23N3. The Bertz CT molecular complexity index is 418. The first kappa shape index (κ1) is 12.9. The Morgan fingerprint density at radius 1 is 1.22 bits per heavy atom. The summed E-state index contributed by atoms with van der Waals surface area (Å²) in [5.74, 6) is 1.30. The molecule has 18 heavy (non-hydrogen) atoms. The molecule has 0 amide bonds. The third-order valence-corrected chi connectivity index (χ3v) is 3.63. The van der Waals surface area contributed by atoms with Gasteiger partial charge in [-0.2, -0.15) is 0 Å². The maximum Gasteiger partial charge on any atom is 0.103 e. The molecule has 1 aromatic carbocycles. The van der Waals surface area contributed by atoms with Crippen LogP contribution in [0.3, 0.4) is 0 Å². The molecule has 98 valence electrons. The van der Waals surface area contributed by atoms with E-state index in [9.17, 15) is 0 Å². The van der Waals surface area contributed by atoms with Crippen molar-refractivity contribution in [1.82, 2.24) is 0 Å². The first-order valence-corrected chi connectivity index (χ1v) is 6.78. The van der Waals surface area contributed by atoms with Crippen molar-refractivity contribution >= 4 is 17.2 Å². The van der Waals surface area contributed by atoms with E-state index in [1.807, 2.05) is 26.2 Å².